The third-order valence-electron chi connectivity index (χ3n) is 4.52. The first kappa shape index (κ1) is 22.4. The van der Waals surface area contributed by atoms with Gasteiger partial charge < -0.3 is 10.6 Å². The molecule has 3 aromatic rings. The second-order valence-corrected chi connectivity index (χ2v) is 8.03. The molecule has 0 atom stereocenters. The zero-order valence-corrected chi connectivity index (χ0v) is 19.7. The summed E-state index contributed by atoms with van der Waals surface area (Å²) in [5.74, 6) is 0.841. The summed E-state index contributed by atoms with van der Waals surface area (Å²) in [4.78, 5) is 5.72. The Bertz CT molecular complexity index is 840. The van der Waals surface area contributed by atoms with Gasteiger partial charge in [-0.25, -0.2) is 4.68 Å². The lowest BCUT2D eigenvalue weighted by atomic mass is 9.91. The van der Waals surface area contributed by atoms with Crippen LogP contribution in [0.2, 0.25) is 0 Å². The lowest BCUT2D eigenvalue weighted by Gasteiger charge is -2.25. The van der Waals surface area contributed by atoms with Crippen molar-refractivity contribution < 1.29 is 0 Å². The maximum Gasteiger partial charge on any atom is 0.191 e. The molecule has 0 radical (unpaired) electrons. The van der Waals surface area contributed by atoms with Crippen LogP contribution in [0.5, 0.6) is 0 Å². The van der Waals surface area contributed by atoms with Crippen molar-refractivity contribution >= 4 is 41.3 Å². The summed E-state index contributed by atoms with van der Waals surface area (Å²) in [7, 11) is 1.81. The molecule has 3 rings (SSSR count). The van der Waals surface area contributed by atoms with Crippen LogP contribution < -0.4 is 10.6 Å². The fourth-order valence-electron chi connectivity index (χ4n) is 2.84. The lowest BCUT2D eigenvalue weighted by Crippen LogP contribution is -2.43. The topological polar surface area (TPSA) is 54.2 Å². The van der Waals surface area contributed by atoms with E-state index in [0.29, 0.717) is 0 Å². The molecule has 0 spiro atoms. The Hall–Kier alpha value is -1.87. The molecule has 2 N–H and O–H groups in total. The van der Waals surface area contributed by atoms with E-state index in [1.807, 2.05) is 24.0 Å². The zero-order valence-electron chi connectivity index (χ0n) is 16.6. The summed E-state index contributed by atoms with van der Waals surface area (Å²) in [6, 6.07) is 14.7. The van der Waals surface area contributed by atoms with Crippen LogP contribution in [0.4, 0.5) is 0 Å². The van der Waals surface area contributed by atoms with Gasteiger partial charge in [-0.1, -0.05) is 32.0 Å². The van der Waals surface area contributed by atoms with Crippen LogP contribution in [-0.4, -0.2) is 35.9 Å². The first-order chi connectivity index (χ1) is 13.1. The van der Waals surface area contributed by atoms with E-state index in [4.69, 9.17) is 0 Å². The van der Waals surface area contributed by atoms with Crippen molar-refractivity contribution in [1.82, 2.24) is 20.4 Å². The molecule has 0 bridgehead atoms. The number of hydrogen-bond acceptors (Lipinski definition) is 3. The molecular weight excluding hydrogens is 481 g/mol. The quantitative estimate of drug-likeness (QED) is 0.285. The van der Waals surface area contributed by atoms with Crippen LogP contribution in [-0.2, 0) is 11.8 Å². The molecular formula is C21H28IN5S. The third kappa shape index (κ3) is 6.07. The van der Waals surface area contributed by atoms with E-state index in [1.165, 1.54) is 10.4 Å². The van der Waals surface area contributed by atoms with Crippen LogP contribution in [0, 0.1) is 0 Å². The molecule has 2 heterocycles. The molecule has 0 aliphatic heterocycles. The van der Waals surface area contributed by atoms with Gasteiger partial charge in [0.15, 0.2) is 5.96 Å². The average Bonchev–Trinajstić information content (AvgIpc) is 3.39. The summed E-state index contributed by atoms with van der Waals surface area (Å²) < 4.78 is 1.86. The van der Waals surface area contributed by atoms with Crippen LogP contribution in [0.3, 0.4) is 0 Å². The van der Waals surface area contributed by atoms with Crippen LogP contribution in [0.15, 0.2) is 65.2 Å². The number of benzene rings is 1. The van der Waals surface area contributed by atoms with E-state index in [2.05, 4.69) is 76.4 Å². The first-order valence-corrected chi connectivity index (χ1v) is 10.0. The summed E-state index contributed by atoms with van der Waals surface area (Å²) in [6.07, 6.45) is 4.68. The van der Waals surface area contributed by atoms with Crippen LogP contribution in [0.1, 0.15) is 24.3 Å². The number of halogens is 1. The van der Waals surface area contributed by atoms with E-state index in [1.54, 1.807) is 17.5 Å². The number of aromatic nitrogens is 2. The van der Waals surface area contributed by atoms with Gasteiger partial charge in [-0.15, -0.1) is 35.3 Å². The maximum atomic E-state index is 4.34. The highest BCUT2D eigenvalue weighted by Crippen LogP contribution is 2.26. The van der Waals surface area contributed by atoms with Crippen molar-refractivity contribution in [2.24, 2.45) is 4.99 Å². The number of aliphatic imine (C=N–C) groups is 1. The number of thiophene rings is 1. The fourth-order valence-corrected chi connectivity index (χ4v) is 3.69. The first-order valence-electron chi connectivity index (χ1n) is 9.16. The molecule has 0 saturated carbocycles. The molecule has 0 aliphatic rings. The van der Waals surface area contributed by atoms with E-state index in [-0.39, 0.29) is 29.4 Å². The minimum Gasteiger partial charge on any atom is -0.356 e. The van der Waals surface area contributed by atoms with Gasteiger partial charge in [-0.05, 0) is 41.6 Å². The van der Waals surface area contributed by atoms with Gasteiger partial charge in [0.25, 0.3) is 0 Å². The minimum atomic E-state index is 0. The number of hydrogen-bond donors (Lipinski definition) is 2. The Labute approximate surface area is 188 Å². The van der Waals surface area contributed by atoms with E-state index in [9.17, 15) is 0 Å². The molecule has 0 fully saturated rings. The SMILES string of the molecule is CN=C(NCCc1ccc(-n2cccn2)cc1)NCC(C)(C)c1cccs1.I. The van der Waals surface area contributed by atoms with Crippen molar-refractivity contribution in [1.29, 1.82) is 0 Å². The summed E-state index contributed by atoms with van der Waals surface area (Å²) in [5, 5.41) is 13.2. The Balaban J connectivity index is 0.00000280. The summed E-state index contributed by atoms with van der Waals surface area (Å²) in [5.41, 5.74) is 2.44. The second-order valence-electron chi connectivity index (χ2n) is 7.08. The zero-order chi connectivity index (χ0) is 19.1. The Kier molecular flexibility index (Phi) is 8.50. The highest BCUT2D eigenvalue weighted by atomic mass is 127. The van der Waals surface area contributed by atoms with Crippen molar-refractivity contribution in [3.8, 4) is 5.69 Å². The van der Waals surface area contributed by atoms with E-state index >= 15 is 0 Å². The molecule has 7 heteroatoms. The van der Waals surface area contributed by atoms with Gasteiger partial charge in [-0.3, -0.25) is 4.99 Å². The van der Waals surface area contributed by atoms with Gasteiger partial charge in [0.1, 0.15) is 0 Å². The predicted molar refractivity (Wildman–Crippen MR) is 129 cm³/mol. The van der Waals surface area contributed by atoms with Crippen molar-refractivity contribution in [2.75, 3.05) is 20.1 Å². The molecule has 0 unspecified atom stereocenters. The van der Waals surface area contributed by atoms with Gasteiger partial charge >= 0.3 is 0 Å². The Morgan fingerprint density at radius 1 is 1.14 bits per heavy atom. The number of rotatable bonds is 7. The van der Waals surface area contributed by atoms with Crippen LogP contribution >= 0.6 is 35.3 Å². The maximum absolute atomic E-state index is 4.34. The largest absolute Gasteiger partial charge is 0.356 e. The molecule has 5 nitrogen and oxygen atoms in total. The van der Waals surface area contributed by atoms with Gasteiger partial charge in [0.05, 0.1) is 5.69 Å². The monoisotopic (exact) mass is 509 g/mol. The van der Waals surface area contributed by atoms with Crippen LogP contribution in [0.25, 0.3) is 5.69 Å². The van der Waals surface area contributed by atoms with Crippen molar-refractivity contribution in [2.45, 2.75) is 25.7 Å². The average molecular weight is 509 g/mol. The molecule has 0 amide bonds. The molecule has 0 aliphatic carbocycles. The lowest BCUT2D eigenvalue weighted by molar-refractivity contribution is 0.518. The summed E-state index contributed by atoms with van der Waals surface area (Å²) >= 11 is 1.80. The normalized spacial score (nSPS) is 11.8. The third-order valence-corrected chi connectivity index (χ3v) is 5.76. The van der Waals surface area contributed by atoms with Gasteiger partial charge in [-0.2, -0.15) is 5.10 Å². The Morgan fingerprint density at radius 2 is 1.93 bits per heavy atom. The van der Waals surface area contributed by atoms with Gasteiger partial charge in [0.2, 0.25) is 0 Å². The molecule has 2 aromatic heterocycles. The van der Waals surface area contributed by atoms with Crippen molar-refractivity contribution in [3.05, 3.63) is 70.7 Å². The standard InChI is InChI=1S/C21H27N5S.HI/c1-21(2,19-6-4-15-27-19)16-24-20(22-3)23-13-11-17-7-9-18(10-8-17)26-14-5-12-25-26;/h4-10,12,14-15H,11,13,16H2,1-3H3,(H2,22,23,24);1H. The van der Waals surface area contributed by atoms with E-state index < -0.39 is 0 Å². The highest BCUT2D eigenvalue weighted by molar-refractivity contribution is 14.0. The second kappa shape index (κ2) is 10.6. The summed E-state index contributed by atoms with van der Waals surface area (Å²) in [6.45, 7) is 6.17. The number of nitrogens with one attached hydrogen (secondary N) is 2. The molecule has 28 heavy (non-hydrogen) atoms. The smallest absolute Gasteiger partial charge is 0.191 e. The number of guanidine groups is 1. The van der Waals surface area contributed by atoms with Crippen molar-refractivity contribution in [3.63, 3.8) is 0 Å². The molecule has 0 saturated heterocycles. The number of nitrogens with zero attached hydrogens (tertiary/aromatic N) is 3. The van der Waals surface area contributed by atoms with E-state index in [0.717, 1.165) is 31.2 Å². The minimum absolute atomic E-state index is 0. The predicted octanol–water partition coefficient (Wildman–Crippen LogP) is 4.24. The molecule has 1 aromatic carbocycles. The fraction of sp³-hybridized carbons (Fsp3) is 0.333. The highest BCUT2D eigenvalue weighted by Gasteiger charge is 2.21. The van der Waals surface area contributed by atoms with Gasteiger partial charge in [0, 0.05) is 42.8 Å². The molecule has 150 valence electrons. The Morgan fingerprint density at radius 3 is 2.54 bits per heavy atom.